The Morgan fingerprint density at radius 1 is 1.11 bits per heavy atom. The summed E-state index contributed by atoms with van der Waals surface area (Å²) in [5.41, 5.74) is 7.78. The molecule has 0 atom stereocenters. The first-order valence-electron chi connectivity index (χ1n) is 6.89. The van der Waals surface area contributed by atoms with E-state index in [1.807, 2.05) is 12.1 Å². The van der Waals surface area contributed by atoms with E-state index in [0.717, 1.165) is 51.6 Å². The van der Waals surface area contributed by atoms with Crippen molar-refractivity contribution in [2.24, 2.45) is 0 Å². The molecule has 1 rings (SSSR count). The lowest BCUT2D eigenvalue weighted by Crippen LogP contribution is -2.27. The average molecular weight is 266 g/mol. The first-order valence-corrected chi connectivity index (χ1v) is 6.89. The quantitative estimate of drug-likeness (QED) is 0.521. The first-order chi connectivity index (χ1) is 9.26. The number of hydrogen-bond acceptors (Lipinski definition) is 4. The van der Waals surface area contributed by atoms with Gasteiger partial charge in [-0.25, -0.2) is 0 Å². The van der Waals surface area contributed by atoms with Crippen LogP contribution in [0.25, 0.3) is 0 Å². The lowest BCUT2D eigenvalue weighted by molar-refractivity contribution is 0.0833. The Balaban J connectivity index is 2.20. The summed E-state index contributed by atoms with van der Waals surface area (Å²) in [4.78, 5) is 2.36. The van der Waals surface area contributed by atoms with E-state index >= 15 is 0 Å². The number of likely N-dealkylation sites (N-methyl/N-ethyl adjacent to an activating group) is 1. The lowest BCUT2D eigenvalue weighted by Gasteiger charge is -2.20. The maximum Gasteiger partial charge on any atom is 0.0593 e. The molecule has 0 aromatic heterocycles. The van der Waals surface area contributed by atoms with Crippen molar-refractivity contribution >= 4 is 5.69 Å². The number of rotatable bonds is 10. The molecule has 0 aliphatic rings. The highest BCUT2D eigenvalue weighted by Crippen LogP contribution is 2.08. The average Bonchev–Trinajstić information content (AvgIpc) is 2.43. The topological polar surface area (TPSA) is 47.7 Å². The Hall–Kier alpha value is -1.10. The molecule has 0 bridgehead atoms. The van der Waals surface area contributed by atoms with Crippen molar-refractivity contribution in [3.63, 3.8) is 0 Å². The minimum absolute atomic E-state index is 0.767. The summed E-state index contributed by atoms with van der Waals surface area (Å²) in [6, 6.07) is 8.06. The molecule has 4 heteroatoms. The van der Waals surface area contributed by atoms with Gasteiger partial charge in [-0.2, -0.15) is 0 Å². The Morgan fingerprint density at radius 3 is 2.47 bits per heavy atom. The van der Waals surface area contributed by atoms with Gasteiger partial charge in [0.05, 0.1) is 6.61 Å². The number of nitrogen functional groups attached to an aromatic ring is 1. The van der Waals surface area contributed by atoms with Crippen LogP contribution in [0.15, 0.2) is 24.3 Å². The standard InChI is InChI=1S/C15H26N2O2/c1-3-17(9-12-19-11-4-10-18-2)13-14-5-7-15(16)8-6-14/h5-8H,3-4,9-13,16H2,1-2H3. The highest BCUT2D eigenvalue weighted by Gasteiger charge is 2.03. The van der Waals surface area contributed by atoms with Crippen molar-refractivity contribution in [1.82, 2.24) is 4.90 Å². The predicted octanol–water partition coefficient (Wildman–Crippen LogP) is 2.14. The smallest absolute Gasteiger partial charge is 0.0593 e. The zero-order chi connectivity index (χ0) is 13.9. The largest absolute Gasteiger partial charge is 0.399 e. The SMILES string of the molecule is CCN(CCOCCCOC)Cc1ccc(N)cc1. The van der Waals surface area contributed by atoms with Crippen LogP contribution >= 0.6 is 0 Å². The van der Waals surface area contributed by atoms with Gasteiger partial charge in [-0.3, -0.25) is 4.90 Å². The monoisotopic (exact) mass is 266 g/mol. The van der Waals surface area contributed by atoms with Crippen LogP contribution in [0, 0.1) is 0 Å². The molecule has 1 aromatic rings. The number of hydrogen-bond donors (Lipinski definition) is 1. The van der Waals surface area contributed by atoms with Gasteiger partial charge in [-0.05, 0) is 30.7 Å². The molecule has 2 N–H and O–H groups in total. The van der Waals surface area contributed by atoms with E-state index in [1.165, 1.54) is 5.56 Å². The van der Waals surface area contributed by atoms with Crippen molar-refractivity contribution in [1.29, 1.82) is 0 Å². The predicted molar refractivity (Wildman–Crippen MR) is 79.1 cm³/mol. The molecule has 0 saturated heterocycles. The van der Waals surface area contributed by atoms with Crippen molar-refractivity contribution in [3.05, 3.63) is 29.8 Å². The van der Waals surface area contributed by atoms with E-state index in [9.17, 15) is 0 Å². The molecular formula is C15H26N2O2. The molecule has 0 aliphatic carbocycles. The zero-order valence-corrected chi connectivity index (χ0v) is 12.1. The van der Waals surface area contributed by atoms with Gasteiger partial charge in [-0.1, -0.05) is 19.1 Å². The van der Waals surface area contributed by atoms with Gasteiger partial charge in [0, 0.05) is 39.1 Å². The molecule has 4 nitrogen and oxygen atoms in total. The molecule has 0 unspecified atom stereocenters. The van der Waals surface area contributed by atoms with Crippen LogP contribution in [0.1, 0.15) is 18.9 Å². The molecule has 108 valence electrons. The first kappa shape index (κ1) is 16.0. The fourth-order valence-electron chi connectivity index (χ4n) is 1.83. The van der Waals surface area contributed by atoms with Crippen molar-refractivity contribution in [3.8, 4) is 0 Å². The van der Waals surface area contributed by atoms with Gasteiger partial charge < -0.3 is 15.2 Å². The second kappa shape index (κ2) is 9.78. The van der Waals surface area contributed by atoms with Crippen molar-refractivity contribution in [2.45, 2.75) is 19.9 Å². The van der Waals surface area contributed by atoms with Crippen LogP contribution in [-0.2, 0) is 16.0 Å². The Kier molecular flexibility index (Phi) is 8.21. The van der Waals surface area contributed by atoms with Crippen LogP contribution in [0.4, 0.5) is 5.69 Å². The van der Waals surface area contributed by atoms with Gasteiger partial charge in [0.2, 0.25) is 0 Å². The molecular weight excluding hydrogens is 240 g/mol. The number of nitrogens with zero attached hydrogens (tertiary/aromatic N) is 1. The summed E-state index contributed by atoms with van der Waals surface area (Å²) in [6.45, 7) is 7.39. The van der Waals surface area contributed by atoms with E-state index in [1.54, 1.807) is 7.11 Å². The number of anilines is 1. The van der Waals surface area contributed by atoms with Crippen LogP contribution in [0.5, 0.6) is 0 Å². The molecule has 0 amide bonds. The molecule has 0 spiro atoms. The number of methoxy groups -OCH3 is 1. The van der Waals surface area contributed by atoms with Gasteiger partial charge in [0.15, 0.2) is 0 Å². The minimum atomic E-state index is 0.767. The molecule has 0 saturated carbocycles. The van der Waals surface area contributed by atoms with E-state index < -0.39 is 0 Å². The summed E-state index contributed by atoms with van der Waals surface area (Å²) < 4.78 is 10.6. The zero-order valence-electron chi connectivity index (χ0n) is 12.1. The third-order valence-corrected chi connectivity index (χ3v) is 3.02. The Morgan fingerprint density at radius 2 is 1.84 bits per heavy atom. The van der Waals surface area contributed by atoms with E-state index in [2.05, 4.69) is 24.0 Å². The van der Waals surface area contributed by atoms with Crippen LogP contribution in [-0.4, -0.2) is 44.9 Å². The summed E-state index contributed by atoms with van der Waals surface area (Å²) in [5.74, 6) is 0. The second-order valence-corrected chi connectivity index (χ2v) is 4.57. The molecule has 19 heavy (non-hydrogen) atoms. The van der Waals surface area contributed by atoms with Crippen LogP contribution in [0.3, 0.4) is 0 Å². The maximum atomic E-state index is 5.68. The highest BCUT2D eigenvalue weighted by atomic mass is 16.5. The molecule has 0 aliphatic heterocycles. The Labute approximate surface area is 116 Å². The summed E-state index contributed by atoms with van der Waals surface area (Å²) in [6.07, 6.45) is 0.959. The van der Waals surface area contributed by atoms with Gasteiger partial charge in [0.1, 0.15) is 0 Å². The normalized spacial score (nSPS) is 11.1. The molecule has 1 aromatic carbocycles. The van der Waals surface area contributed by atoms with Gasteiger partial charge >= 0.3 is 0 Å². The van der Waals surface area contributed by atoms with Crippen LogP contribution < -0.4 is 5.73 Å². The molecule has 0 fully saturated rings. The third kappa shape index (κ3) is 7.15. The Bertz CT molecular complexity index is 327. The number of ether oxygens (including phenoxy) is 2. The van der Waals surface area contributed by atoms with Gasteiger partial charge in [-0.15, -0.1) is 0 Å². The fraction of sp³-hybridized carbons (Fsp3) is 0.600. The number of nitrogens with two attached hydrogens (primary N) is 1. The van der Waals surface area contributed by atoms with E-state index in [-0.39, 0.29) is 0 Å². The fourth-order valence-corrected chi connectivity index (χ4v) is 1.83. The lowest BCUT2D eigenvalue weighted by atomic mass is 10.2. The van der Waals surface area contributed by atoms with E-state index in [4.69, 9.17) is 15.2 Å². The van der Waals surface area contributed by atoms with Crippen molar-refractivity contribution in [2.75, 3.05) is 45.8 Å². The van der Waals surface area contributed by atoms with E-state index in [0.29, 0.717) is 0 Å². The molecule has 0 heterocycles. The van der Waals surface area contributed by atoms with Gasteiger partial charge in [0.25, 0.3) is 0 Å². The number of benzene rings is 1. The molecule has 0 radical (unpaired) electrons. The van der Waals surface area contributed by atoms with Crippen LogP contribution in [0.2, 0.25) is 0 Å². The maximum absolute atomic E-state index is 5.68. The summed E-state index contributed by atoms with van der Waals surface area (Å²) >= 11 is 0. The second-order valence-electron chi connectivity index (χ2n) is 4.57. The summed E-state index contributed by atoms with van der Waals surface area (Å²) in [7, 11) is 1.71. The summed E-state index contributed by atoms with van der Waals surface area (Å²) in [5, 5.41) is 0. The third-order valence-electron chi connectivity index (χ3n) is 3.02. The highest BCUT2D eigenvalue weighted by molar-refractivity contribution is 5.39. The van der Waals surface area contributed by atoms with Crippen molar-refractivity contribution < 1.29 is 9.47 Å². The minimum Gasteiger partial charge on any atom is -0.399 e.